The first-order valence-corrected chi connectivity index (χ1v) is 6.72. The van der Waals surface area contributed by atoms with Crippen molar-refractivity contribution in [2.45, 2.75) is 39.2 Å². The fraction of sp³-hybridized carbons (Fsp3) is 0.462. The number of carbonyl (C=O) groups is 1. The Balaban J connectivity index is 2.45. The Hall–Kier alpha value is -2.51. The lowest BCUT2D eigenvalue weighted by Gasteiger charge is -2.15. The molecule has 8 heteroatoms. The van der Waals surface area contributed by atoms with Crippen molar-refractivity contribution in [1.29, 1.82) is 0 Å². The van der Waals surface area contributed by atoms with Gasteiger partial charge in [0.05, 0.1) is 18.0 Å². The van der Waals surface area contributed by atoms with Gasteiger partial charge in [0.2, 0.25) is 0 Å². The average molecular weight is 291 g/mol. The van der Waals surface area contributed by atoms with Gasteiger partial charge in [-0.25, -0.2) is 4.68 Å². The van der Waals surface area contributed by atoms with Gasteiger partial charge in [-0.15, -0.1) is 5.10 Å². The highest BCUT2D eigenvalue weighted by Crippen LogP contribution is 2.22. The lowest BCUT2D eigenvalue weighted by molar-refractivity contribution is -0.138. The van der Waals surface area contributed by atoms with Crippen molar-refractivity contribution in [3.8, 4) is 11.4 Å². The molecule has 2 aromatic heterocycles. The summed E-state index contributed by atoms with van der Waals surface area (Å²) in [5.74, 6) is -0.635. The molecule has 0 spiro atoms. The molecule has 0 aliphatic rings. The fourth-order valence-electron chi connectivity index (χ4n) is 2.21. The number of aliphatic carboxylic acids is 1. The number of hydrogen-bond donors (Lipinski definition) is 2. The van der Waals surface area contributed by atoms with Crippen molar-refractivity contribution >= 4 is 5.97 Å². The molecule has 0 amide bonds. The number of aromatic nitrogens is 5. The van der Waals surface area contributed by atoms with Crippen LogP contribution in [0, 0.1) is 6.92 Å². The highest BCUT2D eigenvalue weighted by Gasteiger charge is 2.21. The van der Waals surface area contributed by atoms with Gasteiger partial charge in [-0.05, 0) is 23.8 Å². The SMILES string of the molecule is CCCC(CC(=O)O)n1nnnc1-c1c[nH]c(C)cc1=O. The van der Waals surface area contributed by atoms with Crippen LogP contribution in [-0.4, -0.2) is 36.3 Å². The normalized spacial score (nSPS) is 12.3. The number of H-pyrrole nitrogens is 1. The Morgan fingerprint density at radius 2 is 2.29 bits per heavy atom. The molecule has 0 fully saturated rings. The lowest BCUT2D eigenvalue weighted by Crippen LogP contribution is -2.18. The van der Waals surface area contributed by atoms with Gasteiger partial charge in [-0.3, -0.25) is 9.59 Å². The van der Waals surface area contributed by atoms with Crippen molar-refractivity contribution in [3.05, 3.63) is 28.2 Å². The summed E-state index contributed by atoms with van der Waals surface area (Å²) in [4.78, 5) is 26.0. The number of pyridine rings is 1. The summed E-state index contributed by atoms with van der Waals surface area (Å²) in [6.45, 7) is 3.73. The summed E-state index contributed by atoms with van der Waals surface area (Å²) >= 11 is 0. The summed E-state index contributed by atoms with van der Waals surface area (Å²) in [5, 5.41) is 20.3. The molecule has 0 radical (unpaired) electrons. The summed E-state index contributed by atoms with van der Waals surface area (Å²) in [6.07, 6.45) is 2.87. The third-order valence-corrected chi connectivity index (χ3v) is 3.17. The zero-order chi connectivity index (χ0) is 15.4. The Bertz CT molecular complexity index is 691. The predicted molar refractivity (Wildman–Crippen MR) is 74.8 cm³/mol. The van der Waals surface area contributed by atoms with Crippen LogP contribution in [0.4, 0.5) is 0 Å². The van der Waals surface area contributed by atoms with E-state index < -0.39 is 5.97 Å². The predicted octanol–water partition coefficient (Wildman–Crippen LogP) is 1.15. The molecule has 1 unspecified atom stereocenters. The highest BCUT2D eigenvalue weighted by molar-refractivity contribution is 5.67. The molecule has 2 heterocycles. The van der Waals surface area contributed by atoms with E-state index in [4.69, 9.17) is 5.11 Å². The quantitative estimate of drug-likeness (QED) is 0.825. The molecule has 21 heavy (non-hydrogen) atoms. The maximum Gasteiger partial charge on any atom is 0.305 e. The van der Waals surface area contributed by atoms with Gasteiger partial charge in [0.15, 0.2) is 11.3 Å². The van der Waals surface area contributed by atoms with Crippen LogP contribution in [0.2, 0.25) is 0 Å². The number of nitrogens with zero attached hydrogens (tertiary/aromatic N) is 4. The number of rotatable bonds is 6. The zero-order valence-electron chi connectivity index (χ0n) is 11.9. The Kier molecular flexibility index (Phi) is 4.46. The average Bonchev–Trinajstić information content (AvgIpc) is 2.86. The lowest BCUT2D eigenvalue weighted by atomic mass is 10.1. The third-order valence-electron chi connectivity index (χ3n) is 3.17. The van der Waals surface area contributed by atoms with E-state index in [9.17, 15) is 9.59 Å². The van der Waals surface area contributed by atoms with Crippen molar-refractivity contribution < 1.29 is 9.90 Å². The monoisotopic (exact) mass is 291 g/mol. The molecule has 8 nitrogen and oxygen atoms in total. The first-order valence-electron chi connectivity index (χ1n) is 6.72. The maximum absolute atomic E-state index is 12.0. The second-order valence-corrected chi connectivity index (χ2v) is 4.88. The summed E-state index contributed by atoms with van der Waals surface area (Å²) in [6, 6.07) is 1.08. The van der Waals surface area contributed by atoms with Crippen molar-refractivity contribution in [1.82, 2.24) is 25.2 Å². The summed E-state index contributed by atoms with van der Waals surface area (Å²) in [5.41, 5.74) is 0.864. The smallest absolute Gasteiger partial charge is 0.305 e. The third kappa shape index (κ3) is 3.33. The first-order chi connectivity index (χ1) is 10.0. The van der Waals surface area contributed by atoms with E-state index >= 15 is 0 Å². The molecule has 2 rings (SSSR count). The van der Waals surface area contributed by atoms with Crippen LogP contribution in [0.5, 0.6) is 0 Å². The zero-order valence-corrected chi connectivity index (χ0v) is 11.9. The van der Waals surface area contributed by atoms with Crippen LogP contribution in [0.3, 0.4) is 0 Å². The second-order valence-electron chi connectivity index (χ2n) is 4.88. The molecule has 2 aromatic rings. The number of tetrazole rings is 1. The molecule has 112 valence electrons. The molecular weight excluding hydrogens is 274 g/mol. The van der Waals surface area contributed by atoms with E-state index in [-0.39, 0.29) is 23.7 Å². The van der Waals surface area contributed by atoms with Crippen LogP contribution in [0.15, 0.2) is 17.1 Å². The van der Waals surface area contributed by atoms with Crippen LogP contribution in [0.25, 0.3) is 11.4 Å². The molecule has 0 aliphatic heterocycles. The van der Waals surface area contributed by atoms with Gasteiger partial charge >= 0.3 is 5.97 Å². The van der Waals surface area contributed by atoms with E-state index in [1.54, 1.807) is 13.1 Å². The minimum Gasteiger partial charge on any atom is -0.481 e. The van der Waals surface area contributed by atoms with Gasteiger partial charge in [-0.2, -0.15) is 0 Å². The molecule has 1 atom stereocenters. The molecule has 0 saturated carbocycles. The number of aryl methyl sites for hydroxylation is 1. The van der Waals surface area contributed by atoms with Gasteiger partial charge in [-0.1, -0.05) is 13.3 Å². The minimum absolute atomic E-state index is 0.0877. The molecule has 0 aromatic carbocycles. The van der Waals surface area contributed by atoms with Crippen molar-refractivity contribution in [2.75, 3.05) is 0 Å². The molecular formula is C13H17N5O3. The van der Waals surface area contributed by atoms with E-state index in [2.05, 4.69) is 20.5 Å². The Morgan fingerprint density at radius 1 is 1.52 bits per heavy atom. The van der Waals surface area contributed by atoms with Gasteiger partial charge < -0.3 is 10.1 Å². The molecule has 0 saturated heterocycles. The number of nitrogens with one attached hydrogen (secondary N) is 1. The largest absolute Gasteiger partial charge is 0.481 e. The summed E-state index contributed by atoms with van der Waals surface area (Å²) < 4.78 is 1.43. The van der Waals surface area contributed by atoms with Crippen LogP contribution in [-0.2, 0) is 4.79 Å². The van der Waals surface area contributed by atoms with Gasteiger partial charge in [0.25, 0.3) is 0 Å². The number of aromatic amines is 1. The fourth-order valence-corrected chi connectivity index (χ4v) is 2.21. The molecule has 0 bridgehead atoms. The van der Waals surface area contributed by atoms with Crippen LogP contribution < -0.4 is 5.43 Å². The first kappa shape index (κ1) is 14.9. The maximum atomic E-state index is 12.0. The van der Waals surface area contributed by atoms with Crippen LogP contribution in [0.1, 0.15) is 37.9 Å². The van der Waals surface area contributed by atoms with Gasteiger partial charge in [0, 0.05) is 18.0 Å². The van der Waals surface area contributed by atoms with E-state index in [0.29, 0.717) is 12.0 Å². The van der Waals surface area contributed by atoms with E-state index in [0.717, 1.165) is 12.1 Å². The Labute approximate surface area is 120 Å². The van der Waals surface area contributed by atoms with E-state index in [1.165, 1.54) is 10.7 Å². The van der Waals surface area contributed by atoms with Crippen molar-refractivity contribution in [3.63, 3.8) is 0 Å². The topological polar surface area (TPSA) is 114 Å². The standard InChI is InChI=1S/C13H17N5O3/c1-3-4-9(6-12(20)21)18-13(15-16-17-18)10-7-14-8(2)5-11(10)19/h5,7,9H,3-4,6H2,1-2H3,(H,14,19)(H,20,21). The highest BCUT2D eigenvalue weighted by atomic mass is 16.4. The Morgan fingerprint density at radius 3 is 2.90 bits per heavy atom. The molecule has 0 aliphatic carbocycles. The van der Waals surface area contributed by atoms with Crippen LogP contribution >= 0.6 is 0 Å². The number of hydrogen-bond acceptors (Lipinski definition) is 5. The number of carboxylic acids is 1. The summed E-state index contributed by atoms with van der Waals surface area (Å²) in [7, 11) is 0. The number of carboxylic acid groups (broad SMARTS) is 1. The second kappa shape index (κ2) is 6.29. The van der Waals surface area contributed by atoms with Gasteiger partial charge in [0.1, 0.15) is 0 Å². The molecule has 2 N–H and O–H groups in total. The minimum atomic E-state index is -0.923. The van der Waals surface area contributed by atoms with E-state index in [1.807, 2.05) is 6.92 Å². The van der Waals surface area contributed by atoms with Crippen molar-refractivity contribution in [2.24, 2.45) is 0 Å².